The molecule has 0 aliphatic carbocycles. The van der Waals surface area contributed by atoms with Crippen molar-refractivity contribution in [3.05, 3.63) is 0 Å². The van der Waals surface area contributed by atoms with Gasteiger partial charge in [0.25, 0.3) is 0 Å². The molecule has 118 valence electrons. The van der Waals surface area contributed by atoms with Gasteiger partial charge < -0.3 is 9.84 Å². The fraction of sp³-hybridized carbons (Fsp3) is 0.846. The van der Waals surface area contributed by atoms with Crippen LogP contribution in [-0.4, -0.2) is 43.6 Å². The van der Waals surface area contributed by atoms with Crippen molar-refractivity contribution in [3.63, 3.8) is 0 Å². The van der Waals surface area contributed by atoms with Crippen molar-refractivity contribution in [2.45, 2.75) is 46.5 Å². The maximum Gasteiger partial charge on any atom is 0.323 e. The molecule has 1 unspecified atom stereocenters. The number of aliphatic carboxylic acids is 1. The van der Waals surface area contributed by atoms with Gasteiger partial charge in [-0.05, 0) is 26.2 Å². The van der Waals surface area contributed by atoms with Gasteiger partial charge >= 0.3 is 11.9 Å². The van der Waals surface area contributed by atoms with Crippen LogP contribution < -0.4 is 0 Å². The lowest BCUT2D eigenvalue weighted by Crippen LogP contribution is -2.41. The summed E-state index contributed by atoms with van der Waals surface area (Å²) >= 11 is 0. The van der Waals surface area contributed by atoms with Crippen LogP contribution in [-0.2, 0) is 24.2 Å². The number of hydrogen-bond acceptors (Lipinski definition) is 5. The van der Waals surface area contributed by atoms with Crippen LogP contribution in [0.5, 0.6) is 0 Å². The summed E-state index contributed by atoms with van der Waals surface area (Å²) in [6.07, 6.45) is 0.772. The van der Waals surface area contributed by atoms with Gasteiger partial charge in [0.2, 0.25) is 0 Å². The molecule has 0 aromatic heterocycles. The summed E-state index contributed by atoms with van der Waals surface area (Å²) in [6, 6.07) is 0. The lowest BCUT2D eigenvalue weighted by atomic mass is 9.79. The zero-order valence-electron chi connectivity index (χ0n) is 12.3. The van der Waals surface area contributed by atoms with Gasteiger partial charge in [-0.15, -0.1) is 0 Å². The van der Waals surface area contributed by atoms with E-state index in [1.165, 1.54) is 6.92 Å². The molecule has 0 aromatic rings. The van der Waals surface area contributed by atoms with E-state index in [0.717, 1.165) is 0 Å². The van der Waals surface area contributed by atoms with Crippen LogP contribution in [0.3, 0.4) is 0 Å². The maximum atomic E-state index is 12.0. The van der Waals surface area contributed by atoms with Gasteiger partial charge in [-0.2, -0.15) is 0 Å². The third-order valence-electron chi connectivity index (χ3n) is 3.25. The highest BCUT2D eigenvalue weighted by atomic mass is 32.2. The molecule has 0 rings (SSSR count). The van der Waals surface area contributed by atoms with Crippen molar-refractivity contribution in [1.29, 1.82) is 0 Å². The molecule has 0 amide bonds. The number of rotatable bonds is 10. The number of carboxylic acid groups (broad SMARTS) is 1. The number of ether oxygens (including phenoxy) is 1. The molecular formula is C13H24O6S. The van der Waals surface area contributed by atoms with E-state index in [-0.39, 0.29) is 37.4 Å². The Hall–Kier alpha value is -1.11. The number of carbonyl (C=O) groups is 2. The fourth-order valence-corrected chi connectivity index (χ4v) is 2.94. The molecule has 0 fully saturated rings. The topological polar surface area (TPSA) is 97.7 Å². The number of carboxylic acids is 1. The molecule has 1 N–H and O–H groups in total. The summed E-state index contributed by atoms with van der Waals surface area (Å²) in [5.41, 5.74) is -1.63. The third kappa shape index (κ3) is 5.11. The highest BCUT2D eigenvalue weighted by molar-refractivity contribution is 7.91. The minimum Gasteiger partial charge on any atom is -0.480 e. The zero-order valence-corrected chi connectivity index (χ0v) is 13.2. The zero-order chi connectivity index (χ0) is 15.8. The largest absolute Gasteiger partial charge is 0.480 e. The molecule has 0 aliphatic rings. The van der Waals surface area contributed by atoms with Gasteiger partial charge in [0.15, 0.2) is 5.41 Å². The van der Waals surface area contributed by atoms with Crippen LogP contribution in [0.4, 0.5) is 0 Å². The number of hydrogen-bond donors (Lipinski definition) is 1. The molecule has 7 heteroatoms. The maximum absolute atomic E-state index is 12.0. The molecule has 6 nitrogen and oxygen atoms in total. The first-order chi connectivity index (χ1) is 9.25. The second-order valence-electron chi connectivity index (χ2n) is 4.70. The Bertz CT molecular complexity index is 428. The SMILES string of the molecule is CCCC(CCCS(=O)(=O)CC)(C(=O)O)C(=O)OCC. The van der Waals surface area contributed by atoms with Crippen molar-refractivity contribution in [2.24, 2.45) is 5.41 Å². The quantitative estimate of drug-likeness (QED) is 0.486. The molecule has 0 radical (unpaired) electrons. The van der Waals surface area contributed by atoms with E-state index in [9.17, 15) is 23.1 Å². The van der Waals surface area contributed by atoms with Crippen molar-refractivity contribution in [2.75, 3.05) is 18.1 Å². The Morgan fingerprint density at radius 3 is 2.15 bits per heavy atom. The second kappa shape index (κ2) is 8.24. The predicted molar refractivity (Wildman–Crippen MR) is 75.2 cm³/mol. The summed E-state index contributed by atoms with van der Waals surface area (Å²) in [5.74, 6) is -2.11. The van der Waals surface area contributed by atoms with Gasteiger partial charge in [-0.25, -0.2) is 8.42 Å². The van der Waals surface area contributed by atoms with E-state index in [0.29, 0.717) is 6.42 Å². The predicted octanol–water partition coefficient (Wildman–Crippen LogP) is 1.64. The first-order valence-electron chi connectivity index (χ1n) is 6.86. The van der Waals surface area contributed by atoms with E-state index in [2.05, 4.69) is 0 Å². The van der Waals surface area contributed by atoms with E-state index >= 15 is 0 Å². The Labute approximate surface area is 120 Å². The molecule has 0 bridgehead atoms. The van der Waals surface area contributed by atoms with Gasteiger partial charge in [0.1, 0.15) is 9.84 Å². The highest BCUT2D eigenvalue weighted by Crippen LogP contribution is 2.32. The molecular weight excluding hydrogens is 284 g/mol. The lowest BCUT2D eigenvalue weighted by Gasteiger charge is -2.26. The molecule has 20 heavy (non-hydrogen) atoms. The van der Waals surface area contributed by atoms with E-state index in [1.54, 1.807) is 13.8 Å². The first kappa shape index (κ1) is 18.9. The standard InChI is InChI=1S/C13H24O6S/c1-4-8-13(11(14)15,12(16)19-5-2)9-7-10-20(17,18)6-3/h4-10H2,1-3H3,(H,14,15). The van der Waals surface area contributed by atoms with Crippen molar-refractivity contribution < 1.29 is 27.9 Å². The van der Waals surface area contributed by atoms with E-state index < -0.39 is 27.2 Å². The minimum atomic E-state index is -3.17. The molecule has 0 aromatic carbocycles. The van der Waals surface area contributed by atoms with Gasteiger partial charge in [-0.3, -0.25) is 9.59 Å². The summed E-state index contributed by atoms with van der Waals surface area (Å²) in [5, 5.41) is 9.39. The Morgan fingerprint density at radius 2 is 1.75 bits per heavy atom. The third-order valence-corrected chi connectivity index (χ3v) is 5.04. The monoisotopic (exact) mass is 308 g/mol. The average Bonchev–Trinajstić information content (AvgIpc) is 2.37. The van der Waals surface area contributed by atoms with Crippen LogP contribution in [0, 0.1) is 5.41 Å². The summed E-state index contributed by atoms with van der Waals surface area (Å²) < 4.78 is 27.8. The normalized spacial score (nSPS) is 14.6. The molecule has 0 spiro atoms. The number of carbonyl (C=O) groups excluding carboxylic acids is 1. The van der Waals surface area contributed by atoms with Crippen molar-refractivity contribution in [3.8, 4) is 0 Å². The number of esters is 1. The van der Waals surface area contributed by atoms with Gasteiger partial charge in [0.05, 0.1) is 12.4 Å². The Balaban J connectivity index is 5.02. The van der Waals surface area contributed by atoms with Crippen LogP contribution >= 0.6 is 0 Å². The van der Waals surface area contributed by atoms with Crippen LogP contribution in [0.25, 0.3) is 0 Å². The van der Waals surface area contributed by atoms with Gasteiger partial charge in [0, 0.05) is 5.75 Å². The van der Waals surface area contributed by atoms with Crippen molar-refractivity contribution in [1.82, 2.24) is 0 Å². The Kier molecular flexibility index (Phi) is 7.78. The van der Waals surface area contributed by atoms with Crippen LogP contribution in [0.2, 0.25) is 0 Å². The van der Waals surface area contributed by atoms with Crippen LogP contribution in [0.15, 0.2) is 0 Å². The van der Waals surface area contributed by atoms with E-state index in [4.69, 9.17) is 4.74 Å². The van der Waals surface area contributed by atoms with Crippen LogP contribution in [0.1, 0.15) is 46.5 Å². The second-order valence-corrected chi connectivity index (χ2v) is 7.17. The molecule has 0 aliphatic heterocycles. The Morgan fingerprint density at radius 1 is 1.15 bits per heavy atom. The molecule has 0 heterocycles. The molecule has 0 saturated carbocycles. The van der Waals surface area contributed by atoms with Crippen molar-refractivity contribution >= 4 is 21.8 Å². The summed E-state index contributed by atoms with van der Waals surface area (Å²) in [7, 11) is -3.17. The lowest BCUT2D eigenvalue weighted by molar-refractivity contribution is -0.170. The molecule has 1 atom stereocenters. The highest BCUT2D eigenvalue weighted by Gasteiger charge is 2.46. The molecule has 0 saturated heterocycles. The van der Waals surface area contributed by atoms with E-state index in [1.807, 2.05) is 0 Å². The first-order valence-corrected chi connectivity index (χ1v) is 8.69. The average molecular weight is 308 g/mol. The van der Waals surface area contributed by atoms with Gasteiger partial charge in [-0.1, -0.05) is 20.3 Å². The minimum absolute atomic E-state index is 0.0141. The smallest absolute Gasteiger partial charge is 0.323 e. The number of sulfone groups is 1. The summed E-state index contributed by atoms with van der Waals surface area (Å²) in [4.78, 5) is 23.5. The fourth-order valence-electron chi connectivity index (χ4n) is 2.06. The summed E-state index contributed by atoms with van der Waals surface area (Å²) in [6.45, 7) is 5.03.